The third kappa shape index (κ3) is 2.61. The van der Waals surface area contributed by atoms with E-state index in [4.69, 9.17) is 0 Å². The summed E-state index contributed by atoms with van der Waals surface area (Å²) >= 11 is 0. The lowest BCUT2D eigenvalue weighted by molar-refractivity contribution is -0.118. The average Bonchev–Trinajstić information content (AvgIpc) is 2.37. The van der Waals surface area contributed by atoms with Crippen molar-refractivity contribution in [1.82, 2.24) is 5.32 Å². The molecule has 0 aliphatic heterocycles. The Hall–Kier alpha value is -2.47. The molecule has 2 aromatic carbocycles. The first-order valence-corrected chi connectivity index (χ1v) is 5.62. The molecule has 0 spiro atoms. The minimum atomic E-state index is -0.0973. The number of benzene rings is 2. The number of phenols is 1. The maximum atomic E-state index is 10.7. The molecule has 0 unspecified atom stereocenters. The minimum absolute atomic E-state index is 0.0973. The zero-order valence-electron chi connectivity index (χ0n) is 10.0. The van der Waals surface area contributed by atoms with Crippen LogP contribution in [0.5, 0.6) is 5.75 Å². The van der Waals surface area contributed by atoms with Crippen molar-refractivity contribution >= 4 is 16.7 Å². The van der Waals surface area contributed by atoms with Gasteiger partial charge >= 0.3 is 0 Å². The number of carbonyl (C=O) groups is 1. The van der Waals surface area contributed by atoms with Gasteiger partial charge in [-0.05, 0) is 12.1 Å². The third-order valence-electron chi connectivity index (χ3n) is 2.55. The average molecular weight is 239 g/mol. The molecule has 0 heterocycles. The fourth-order valence-electron chi connectivity index (χ4n) is 1.70. The molecule has 0 atom stereocenters. The highest BCUT2D eigenvalue weighted by atomic mass is 16.3. The van der Waals surface area contributed by atoms with Crippen molar-refractivity contribution < 1.29 is 9.90 Å². The lowest BCUT2D eigenvalue weighted by atomic mass is 10.0. The maximum absolute atomic E-state index is 10.7. The van der Waals surface area contributed by atoms with E-state index in [0.29, 0.717) is 6.54 Å². The second-order valence-electron chi connectivity index (χ2n) is 3.89. The Balaban J connectivity index is 2.34. The molecule has 1 amide bonds. The monoisotopic (exact) mass is 239 g/mol. The number of carbonyl (C=O) groups excluding carboxylic acids is 1. The molecule has 0 aromatic heterocycles. The van der Waals surface area contributed by atoms with Crippen LogP contribution in [0.25, 0.3) is 10.8 Å². The van der Waals surface area contributed by atoms with Gasteiger partial charge < -0.3 is 10.4 Å². The smallest absolute Gasteiger partial charge is 0.217 e. The summed E-state index contributed by atoms with van der Waals surface area (Å²) in [6, 6.07) is 10.9. The Labute approximate surface area is 105 Å². The molecule has 0 saturated carbocycles. The van der Waals surface area contributed by atoms with Crippen LogP contribution in [0.1, 0.15) is 12.5 Å². The first-order chi connectivity index (χ1) is 8.68. The van der Waals surface area contributed by atoms with Crippen molar-refractivity contribution in [3.8, 4) is 17.6 Å². The standard InChI is InChI=1S/C15H13NO2/c1-11(17)16-10-4-5-12-8-9-15(18)14-7-3-2-6-13(12)14/h2-3,6-9,18H,10H2,1H3,(H,16,17). The number of amides is 1. The predicted molar refractivity (Wildman–Crippen MR) is 71.2 cm³/mol. The number of fused-ring (bicyclic) bond motifs is 1. The summed E-state index contributed by atoms with van der Waals surface area (Å²) in [6.45, 7) is 1.78. The van der Waals surface area contributed by atoms with Gasteiger partial charge in [0.05, 0.1) is 6.54 Å². The minimum Gasteiger partial charge on any atom is -0.507 e. The molecule has 2 N–H and O–H groups in total. The van der Waals surface area contributed by atoms with Crippen molar-refractivity contribution in [3.63, 3.8) is 0 Å². The molecule has 0 radical (unpaired) electrons. The summed E-state index contributed by atoms with van der Waals surface area (Å²) < 4.78 is 0. The number of nitrogens with one attached hydrogen (secondary N) is 1. The largest absolute Gasteiger partial charge is 0.507 e. The van der Waals surface area contributed by atoms with E-state index >= 15 is 0 Å². The normalized spacial score (nSPS) is 9.61. The van der Waals surface area contributed by atoms with E-state index < -0.39 is 0 Å². The summed E-state index contributed by atoms with van der Waals surface area (Å²) in [4.78, 5) is 10.7. The summed E-state index contributed by atoms with van der Waals surface area (Å²) in [5, 5.41) is 14.0. The van der Waals surface area contributed by atoms with Crippen LogP contribution < -0.4 is 5.32 Å². The number of phenolic OH excluding ortho intramolecular Hbond substituents is 1. The highest BCUT2D eigenvalue weighted by molar-refractivity contribution is 5.92. The SMILES string of the molecule is CC(=O)NCC#Cc1ccc(O)c2ccccc12. The quantitative estimate of drug-likeness (QED) is 0.748. The molecule has 0 fully saturated rings. The van der Waals surface area contributed by atoms with Gasteiger partial charge in [0.15, 0.2) is 0 Å². The van der Waals surface area contributed by atoms with E-state index in [1.807, 2.05) is 24.3 Å². The first-order valence-electron chi connectivity index (χ1n) is 5.62. The highest BCUT2D eigenvalue weighted by Gasteiger charge is 2.01. The number of hydrogen-bond acceptors (Lipinski definition) is 2. The molecule has 3 heteroatoms. The van der Waals surface area contributed by atoms with Gasteiger partial charge in [-0.2, -0.15) is 0 Å². The zero-order chi connectivity index (χ0) is 13.0. The lowest BCUT2D eigenvalue weighted by Gasteiger charge is -2.02. The van der Waals surface area contributed by atoms with Gasteiger partial charge in [-0.1, -0.05) is 36.1 Å². The second kappa shape index (κ2) is 5.24. The molecular weight excluding hydrogens is 226 g/mol. The molecule has 0 aliphatic carbocycles. The van der Waals surface area contributed by atoms with E-state index in [9.17, 15) is 9.90 Å². The van der Waals surface area contributed by atoms with Crippen molar-refractivity contribution in [2.75, 3.05) is 6.54 Å². The lowest BCUT2D eigenvalue weighted by Crippen LogP contribution is -2.19. The van der Waals surface area contributed by atoms with Gasteiger partial charge in [-0.3, -0.25) is 4.79 Å². The fraction of sp³-hybridized carbons (Fsp3) is 0.133. The molecule has 18 heavy (non-hydrogen) atoms. The highest BCUT2D eigenvalue weighted by Crippen LogP contribution is 2.26. The Morgan fingerprint density at radius 1 is 1.22 bits per heavy atom. The third-order valence-corrected chi connectivity index (χ3v) is 2.55. The van der Waals surface area contributed by atoms with Crippen LogP contribution in [-0.4, -0.2) is 17.6 Å². The van der Waals surface area contributed by atoms with Crippen LogP contribution in [0.15, 0.2) is 36.4 Å². The summed E-state index contributed by atoms with van der Waals surface area (Å²) in [7, 11) is 0. The van der Waals surface area contributed by atoms with Gasteiger partial charge in [-0.25, -0.2) is 0 Å². The van der Waals surface area contributed by atoms with E-state index in [1.165, 1.54) is 6.92 Å². The van der Waals surface area contributed by atoms with Gasteiger partial charge in [0, 0.05) is 23.3 Å². The van der Waals surface area contributed by atoms with Gasteiger partial charge in [0.25, 0.3) is 0 Å². The summed E-state index contributed by atoms with van der Waals surface area (Å²) in [5.74, 6) is 6.03. The van der Waals surface area contributed by atoms with E-state index in [2.05, 4.69) is 17.2 Å². The van der Waals surface area contributed by atoms with Crippen molar-refractivity contribution in [2.24, 2.45) is 0 Å². The molecule has 3 nitrogen and oxygen atoms in total. The van der Waals surface area contributed by atoms with Crippen LogP contribution >= 0.6 is 0 Å². The molecule has 2 rings (SSSR count). The van der Waals surface area contributed by atoms with Crippen LogP contribution in [0, 0.1) is 11.8 Å². The van der Waals surface area contributed by atoms with Crippen molar-refractivity contribution in [2.45, 2.75) is 6.92 Å². The molecule has 2 aromatic rings. The topological polar surface area (TPSA) is 49.3 Å². The molecule has 0 bridgehead atoms. The van der Waals surface area contributed by atoms with Crippen molar-refractivity contribution in [1.29, 1.82) is 0 Å². The van der Waals surface area contributed by atoms with E-state index in [0.717, 1.165) is 16.3 Å². The van der Waals surface area contributed by atoms with Crippen LogP contribution in [-0.2, 0) is 4.79 Å². The molecular formula is C15H13NO2. The summed E-state index contributed by atoms with van der Waals surface area (Å²) in [6.07, 6.45) is 0. The van der Waals surface area contributed by atoms with Gasteiger partial charge in [-0.15, -0.1) is 0 Å². The molecule has 90 valence electrons. The number of aromatic hydroxyl groups is 1. The van der Waals surface area contributed by atoms with Gasteiger partial charge in [0.1, 0.15) is 5.75 Å². The Morgan fingerprint density at radius 2 is 1.94 bits per heavy atom. The Morgan fingerprint density at radius 3 is 2.67 bits per heavy atom. The van der Waals surface area contributed by atoms with Gasteiger partial charge in [0.2, 0.25) is 5.91 Å². The Kier molecular flexibility index (Phi) is 3.49. The first kappa shape index (κ1) is 12.0. The summed E-state index contributed by atoms with van der Waals surface area (Å²) in [5.41, 5.74) is 0.841. The fourth-order valence-corrected chi connectivity index (χ4v) is 1.70. The Bertz CT molecular complexity index is 650. The maximum Gasteiger partial charge on any atom is 0.217 e. The van der Waals surface area contributed by atoms with Crippen LogP contribution in [0.2, 0.25) is 0 Å². The van der Waals surface area contributed by atoms with Crippen LogP contribution in [0.4, 0.5) is 0 Å². The zero-order valence-corrected chi connectivity index (χ0v) is 10.0. The molecule has 0 saturated heterocycles. The predicted octanol–water partition coefficient (Wildman–Crippen LogP) is 2.03. The van der Waals surface area contributed by atoms with E-state index in [1.54, 1.807) is 12.1 Å². The molecule has 0 aliphatic rings. The van der Waals surface area contributed by atoms with E-state index in [-0.39, 0.29) is 11.7 Å². The van der Waals surface area contributed by atoms with Crippen molar-refractivity contribution in [3.05, 3.63) is 42.0 Å². The number of hydrogen-bond donors (Lipinski definition) is 2. The second-order valence-corrected chi connectivity index (χ2v) is 3.89. The van der Waals surface area contributed by atoms with Crippen LogP contribution in [0.3, 0.4) is 0 Å². The number of rotatable bonds is 1.